The van der Waals surface area contributed by atoms with E-state index in [0.717, 1.165) is 11.1 Å². The number of benzene rings is 1. The summed E-state index contributed by atoms with van der Waals surface area (Å²) in [4.78, 5) is 11.0. The van der Waals surface area contributed by atoms with E-state index in [-0.39, 0.29) is 5.91 Å². The largest absolute Gasteiger partial charge is 0.348 e. The number of hydrogen-bond donors (Lipinski definition) is 1. The third kappa shape index (κ3) is 0.927. The van der Waals surface area contributed by atoms with Crippen LogP contribution in [-0.4, -0.2) is 13.8 Å². The highest BCUT2D eigenvalue weighted by molar-refractivity contribution is 6.32. The highest BCUT2D eigenvalue weighted by atomic mass is 16.1. The molecule has 1 aromatic rings. The van der Waals surface area contributed by atoms with Crippen molar-refractivity contribution in [1.29, 1.82) is 0 Å². The average molecular weight is 143 g/mol. The molecule has 1 amide bonds. The van der Waals surface area contributed by atoms with Crippen molar-refractivity contribution in [3.05, 3.63) is 29.3 Å². The predicted molar refractivity (Wildman–Crippen MR) is 43.0 cm³/mol. The van der Waals surface area contributed by atoms with Gasteiger partial charge in [0.05, 0.1) is 0 Å². The molecular weight excluding hydrogens is 137 g/mol. The van der Waals surface area contributed by atoms with Crippen molar-refractivity contribution in [3.63, 3.8) is 0 Å². The molecule has 1 heterocycles. The number of amides is 1. The quantitative estimate of drug-likeness (QED) is 0.497. The van der Waals surface area contributed by atoms with Crippen molar-refractivity contribution >= 4 is 19.2 Å². The normalized spacial score (nSPS) is 14.4. The van der Waals surface area contributed by atoms with Crippen molar-refractivity contribution in [1.82, 2.24) is 5.32 Å². The standard InChI is InChI=1S/C8H6BNO/c9-6-1-2-7-5(3-6)4-10-8(7)11/h1-3H,4H2,(H,10,11). The highest BCUT2D eigenvalue weighted by Gasteiger charge is 2.17. The van der Waals surface area contributed by atoms with Gasteiger partial charge in [0.1, 0.15) is 7.85 Å². The third-order valence-electron chi connectivity index (χ3n) is 1.81. The van der Waals surface area contributed by atoms with E-state index in [1.807, 2.05) is 6.07 Å². The number of carbonyl (C=O) groups excluding carboxylic acids is 1. The second kappa shape index (κ2) is 2.12. The molecule has 0 saturated heterocycles. The van der Waals surface area contributed by atoms with Gasteiger partial charge in [-0.1, -0.05) is 17.6 Å². The minimum absolute atomic E-state index is 0.000000000000000222. The fourth-order valence-corrected chi connectivity index (χ4v) is 1.25. The van der Waals surface area contributed by atoms with Crippen molar-refractivity contribution < 1.29 is 4.79 Å². The SMILES string of the molecule is [B]c1ccc2c(c1)CNC2=O. The van der Waals surface area contributed by atoms with E-state index in [2.05, 4.69) is 5.32 Å². The molecule has 11 heavy (non-hydrogen) atoms. The zero-order valence-corrected chi connectivity index (χ0v) is 5.92. The van der Waals surface area contributed by atoms with Crippen molar-refractivity contribution in [2.75, 3.05) is 0 Å². The minimum Gasteiger partial charge on any atom is -0.348 e. The molecule has 2 radical (unpaired) electrons. The van der Waals surface area contributed by atoms with E-state index in [4.69, 9.17) is 7.85 Å². The van der Waals surface area contributed by atoms with Crippen molar-refractivity contribution in [3.8, 4) is 0 Å². The molecule has 2 nitrogen and oxygen atoms in total. The molecule has 0 unspecified atom stereocenters. The predicted octanol–water partition coefficient (Wildman–Crippen LogP) is -0.276. The van der Waals surface area contributed by atoms with Crippen LogP contribution in [0.4, 0.5) is 0 Å². The molecule has 1 aliphatic rings. The zero-order valence-electron chi connectivity index (χ0n) is 5.92. The summed E-state index contributed by atoms with van der Waals surface area (Å²) in [6.07, 6.45) is 0. The van der Waals surface area contributed by atoms with Gasteiger partial charge in [-0.3, -0.25) is 4.79 Å². The Morgan fingerprint density at radius 2 is 2.27 bits per heavy atom. The minimum atomic E-state index is 0.000000000000000222. The first kappa shape index (κ1) is 6.46. The van der Waals surface area contributed by atoms with E-state index in [1.54, 1.807) is 12.1 Å². The highest BCUT2D eigenvalue weighted by Crippen LogP contribution is 2.12. The van der Waals surface area contributed by atoms with Gasteiger partial charge in [-0.05, 0) is 11.6 Å². The van der Waals surface area contributed by atoms with Gasteiger partial charge >= 0.3 is 0 Å². The first-order valence-corrected chi connectivity index (χ1v) is 3.44. The summed E-state index contributed by atoms with van der Waals surface area (Å²) in [5.74, 6) is 0.000000000000000222. The Bertz CT molecular complexity index is 322. The number of nitrogens with one attached hydrogen (secondary N) is 1. The summed E-state index contributed by atoms with van der Waals surface area (Å²) in [6.45, 7) is 0.610. The summed E-state index contributed by atoms with van der Waals surface area (Å²) >= 11 is 0. The van der Waals surface area contributed by atoms with E-state index in [0.29, 0.717) is 12.0 Å². The van der Waals surface area contributed by atoms with Crippen LogP contribution >= 0.6 is 0 Å². The molecular formula is C8H6BNO. The lowest BCUT2D eigenvalue weighted by Crippen LogP contribution is -2.12. The van der Waals surface area contributed by atoms with Crippen LogP contribution in [0.3, 0.4) is 0 Å². The topological polar surface area (TPSA) is 29.1 Å². The average Bonchev–Trinajstić information content (AvgIpc) is 2.32. The van der Waals surface area contributed by atoms with Crippen LogP contribution in [0.1, 0.15) is 15.9 Å². The first-order valence-electron chi connectivity index (χ1n) is 3.44. The Morgan fingerprint density at radius 3 is 3.09 bits per heavy atom. The molecule has 1 aromatic carbocycles. The lowest BCUT2D eigenvalue weighted by atomic mass is 9.93. The van der Waals surface area contributed by atoms with Gasteiger partial charge in [-0.25, -0.2) is 0 Å². The molecule has 0 spiro atoms. The maximum absolute atomic E-state index is 11.0. The van der Waals surface area contributed by atoms with Crippen molar-refractivity contribution in [2.24, 2.45) is 0 Å². The lowest BCUT2D eigenvalue weighted by Gasteiger charge is -1.95. The Kier molecular flexibility index (Phi) is 1.25. The van der Waals surface area contributed by atoms with Gasteiger partial charge in [0.25, 0.3) is 5.91 Å². The number of fused-ring (bicyclic) bond motifs is 1. The number of rotatable bonds is 0. The molecule has 0 saturated carbocycles. The molecule has 0 bridgehead atoms. The Hall–Kier alpha value is -1.25. The second-order valence-corrected chi connectivity index (χ2v) is 2.60. The van der Waals surface area contributed by atoms with Crippen LogP contribution in [0, 0.1) is 0 Å². The van der Waals surface area contributed by atoms with E-state index in [1.165, 1.54) is 0 Å². The maximum atomic E-state index is 11.0. The summed E-state index contributed by atoms with van der Waals surface area (Å²) in [5, 5.41) is 2.72. The molecule has 1 N–H and O–H groups in total. The van der Waals surface area contributed by atoms with Gasteiger partial charge in [0, 0.05) is 12.1 Å². The van der Waals surface area contributed by atoms with Gasteiger partial charge in [0.2, 0.25) is 0 Å². The molecule has 3 heteroatoms. The number of hydrogen-bond acceptors (Lipinski definition) is 1. The van der Waals surface area contributed by atoms with E-state index >= 15 is 0 Å². The Labute approximate surface area is 66.0 Å². The van der Waals surface area contributed by atoms with E-state index in [9.17, 15) is 4.79 Å². The molecule has 1 aliphatic heterocycles. The maximum Gasteiger partial charge on any atom is 0.251 e. The molecule has 52 valence electrons. The summed E-state index contributed by atoms with van der Waals surface area (Å²) in [5.41, 5.74) is 2.45. The fourth-order valence-electron chi connectivity index (χ4n) is 1.25. The van der Waals surface area contributed by atoms with Gasteiger partial charge in [-0.2, -0.15) is 0 Å². The summed E-state index contributed by atoms with van der Waals surface area (Å²) in [7, 11) is 5.54. The van der Waals surface area contributed by atoms with Gasteiger partial charge in [0.15, 0.2) is 0 Å². The van der Waals surface area contributed by atoms with Crippen LogP contribution in [-0.2, 0) is 6.54 Å². The third-order valence-corrected chi connectivity index (χ3v) is 1.81. The molecule has 0 aromatic heterocycles. The Morgan fingerprint density at radius 1 is 1.45 bits per heavy atom. The summed E-state index contributed by atoms with van der Waals surface area (Å²) < 4.78 is 0. The van der Waals surface area contributed by atoms with Crippen LogP contribution in [0.15, 0.2) is 18.2 Å². The molecule has 0 atom stereocenters. The Balaban J connectivity index is 2.59. The second-order valence-electron chi connectivity index (χ2n) is 2.60. The first-order chi connectivity index (χ1) is 5.27. The van der Waals surface area contributed by atoms with Crippen LogP contribution in [0.5, 0.6) is 0 Å². The smallest absolute Gasteiger partial charge is 0.251 e. The summed E-state index contributed by atoms with van der Waals surface area (Å²) in [6, 6.07) is 5.32. The lowest BCUT2D eigenvalue weighted by molar-refractivity contribution is 0.0966. The monoisotopic (exact) mass is 143 g/mol. The zero-order chi connectivity index (χ0) is 7.84. The van der Waals surface area contributed by atoms with Crippen LogP contribution in [0.2, 0.25) is 0 Å². The van der Waals surface area contributed by atoms with Crippen LogP contribution in [0.25, 0.3) is 0 Å². The fraction of sp³-hybridized carbons (Fsp3) is 0.125. The molecule has 2 rings (SSSR count). The molecule has 0 fully saturated rings. The van der Waals surface area contributed by atoms with Crippen molar-refractivity contribution in [2.45, 2.75) is 6.54 Å². The van der Waals surface area contributed by atoms with Gasteiger partial charge < -0.3 is 5.32 Å². The van der Waals surface area contributed by atoms with Crippen LogP contribution < -0.4 is 10.8 Å². The number of carbonyl (C=O) groups is 1. The molecule has 0 aliphatic carbocycles. The van der Waals surface area contributed by atoms with E-state index < -0.39 is 0 Å². The van der Waals surface area contributed by atoms with Gasteiger partial charge in [-0.15, -0.1) is 0 Å².